The Balaban J connectivity index is 1.37. The van der Waals surface area contributed by atoms with Gasteiger partial charge in [0.2, 0.25) is 15.9 Å². The molecule has 32 heavy (non-hydrogen) atoms. The Morgan fingerprint density at radius 3 is 2.47 bits per heavy atom. The summed E-state index contributed by atoms with van der Waals surface area (Å²) in [6.07, 6.45) is 0.118. The normalized spacial score (nSPS) is 15.8. The molecule has 4 rings (SSSR count). The molecule has 0 atom stereocenters. The highest BCUT2D eigenvalue weighted by atomic mass is 32.2. The van der Waals surface area contributed by atoms with Crippen LogP contribution in [0, 0.1) is 13.8 Å². The Bertz CT molecular complexity index is 1230. The fourth-order valence-corrected chi connectivity index (χ4v) is 5.44. The fourth-order valence-electron chi connectivity index (χ4n) is 4.01. The van der Waals surface area contributed by atoms with Crippen molar-refractivity contribution in [1.29, 1.82) is 0 Å². The second-order valence-corrected chi connectivity index (χ2v) is 10.3. The number of carbonyl (C=O) groups is 1. The maximum atomic E-state index is 12.8. The number of hydrogen-bond donors (Lipinski definition) is 1. The monoisotopic (exact) mass is 456 g/mol. The topological polar surface area (TPSA) is 95.8 Å². The van der Waals surface area contributed by atoms with E-state index >= 15 is 0 Å². The lowest BCUT2D eigenvalue weighted by atomic mass is 10.0. The van der Waals surface area contributed by atoms with Crippen LogP contribution in [-0.4, -0.2) is 61.9 Å². The summed E-state index contributed by atoms with van der Waals surface area (Å²) in [4.78, 5) is 14.9. The highest BCUT2D eigenvalue weighted by molar-refractivity contribution is 7.89. The van der Waals surface area contributed by atoms with E-state index in [1.165, 1.54) is 4.31 Å². The molecule has 0 radical (unpaired) electrons. The molecule has 3 aromatic rings. The van der Waals surface area contributed by atoms with E-state index in [0.29, 0.717) is 30.9 Å². The molecule has 2 heterocycles. The summed E-state index contributed by atoms with van der Waals surface area (Å²) in [6.45, 7) is 6.71. The van der Waals surface area contributed by atoms with Crippen LogP contribution in [0.1, 0.15) is 22.4 Å². The summed E-state index contributed by atoms with van der Waals surface area (Å²) in [6, 6.07) is 10.6. The fraction of sp³-hybridized carbons (Fsp3) is 0.391. The van der Waals surface area contributed by atoms with Crippen LogP contribution >= 0.6 is 0 Å². The summed E-state index contributed by atoms with van der Waals surface area (Å²) in [7, 11) is -1.51. The highest BCUT2D eigenvalue weighted by Crippen LogP contribution is 2.24. The number of nitrogens with zero attached hydrogens (tertiary/aromatic N) is 3. The number of sulfonamides is 1. The van der Waals surface area contributed by atoms with Crippen LogP contribution in [-0.2, 0) is 27.8 Å². The first-order valence-corrected chi connectivity index (χ1v) is 12.1. The van der Waals surface area contributed by atoms with Gasteiger partial charge in [-0.3, -0.25) is 4.79 Å². The Labute approximate surface area is 188 Å². The number of rotatable bonds is 6. The van der Waals surface area contributed by atoms with Gasteiger partial charge in [-0.1, -0.05) is 23.4 Å². The Kier molecular flexibility index (Phi) is 6.32. The van der Waals surface area contributed by atoms with Crippen molar-refractivity contribution in [3.8, 4) is 0 Å². The smallest absolute Gasteiger partial charge is 0.243 e. The van der Waals surface area contributed by atoms with Crippen molar-refractivity contribution in [3.63, 3.8) is 0 Å². The third-order valence-electron chi connectivity index (χ3n) is 5.83. The van der Waals surface area contributed by atoms with Crippen molar-refractivity contribution in [1.82, 2.24) is 19.7 Å². The van der Waals surface area contributed by atoms with Crippen LogP contribution in [0.3, 0.4) is 0 Å². The molecule has 0 unspecified atom stereocenters. The van der Waals surface area contributed by atoms with Crippen molar-refractivity contribution in [2.75, 3.05) is 33.2 Å². The Morgan fingerprint density at radius 2 is 1.78 bits per heavy atom. The second kappa shape index (κ2) is 9.01. The Morgan fingerprint density at radius 1 is 1.09 bits per heavy atom. The molecule has 1 N–H and O–H groups in total. The number of piperazine rings is 1. The third-order valence-corrected chi connectivity index (χ3v) is 7.74. The van der Waals surface area contributed by atoms with Gasteiger partial charge in [-0.25, -0.2) is 8.42 Å². The zero-order valence-corrected chi connectivity index (χ0v) is 19.4. The zero-order chi connectivity index (χ0) is 22.9. The van der Waals surface area contributed by atoms with Gasteiger partial charge in [0.1, 0.15) is 5.69 Å². The van der Waals surface area contributed by atoms with E-state index in [2.05, 4.69) is 15.4 Å². The molecule has 1 aliphatic rings. The molecule has 9 heteroatoms. The van der Waals surface area contributed by atoms with Crippen molar-refractivity contribution >= 4 is 26.9 Å². The second-order valence-electron chi connectivity index (χ2n) is 8.39. The van der Waals surface area contributed by atoms with E-state index in [0.717, 1.165) is 35.2 Å². The van der Waals surface area contributed by atoms with Gasteiger partial charge in [0.05, 0.1) is 11.3 Å². The van der Waals surface area contributed by atoms with Crippen molar-refractivity contribution < 1.29 is 17.7 Å². The number of benzene rings is 2. The number of aromatic nitrogens is 1. The van der Waals surface area contributed by atoms with Crippen molar-refractivity contribution in [2.45, 2.75) is 31.7 Å². The van der Waals surface area contributed by atoms with Crippen LogP contribution in [0.25, 0.3) is 11.0 Å². The Hall–Kier alpha value is -2.75. The summed E-state index contributed by atoms with van der Waals surface area (Å²) in [5.41, 5.74) is 4.24. The van der Waals surface area contributed by atoms with E-state index in [4.69, 9.17) is 4.52 Å². The number of aryl methyl sites for hydroxylation is 2. The third kappa shape index (κ3) is 4.69. The molecule has 1 saturated heterocycles. The summed E-state index contributed by atoms with van der Waals surface area (Å²) in [5, 5.41) is 7.82. The molecule has 1 aromatic heterocycles. The predicted molar refractivity (Wildman–Crippen MR) is 122 cm³/mol. The van der Waals surface area contributed by atoms with E-state index in [9.17, 15) is 13.2 Å². The maximum absolute atomic E-state index is 12.8. The lowest BCUT2D eigenvalue weighted by Gasteiger charge is -2.31. The molecule has 0 bridgehead atoms. The van der Waals surface area contributed by atoms with Crippen molar-refractivity contribution in [2.24, 2.45) is 0 Å². The number of carbonyl (C=O) groups excluding carboxylic acids is 1. The summed E-state index contributed by atoms with van der Waals surface area (Å²) in [5.74, 6) is -0.172. The average molecular weight is 457 g/mol. The lowest BCUT2D eigenvalue weighted by molar-refractivity contribution is -0.120. The number of amides is 1. The van der Waals surface area contributed by atoms with Crippen LogP contribution < -0.4 is 5.32 Å². The van der Waals surface area contributed by atoms with Crippen molar-refractivity contribution in [3.05, 3.63) is 58.8 Å². The lowest BCUT2D eigenvalue weighted by Crippen LogP contribution is -2.47. The van der Waals surface area contributed by atoms with Gasteiger partial charge in [0, 0.05) is 38.1 Å². The van der Waals surface area contributed by atoms with Gasteiger partial charge in [0.25, 0.3) is 0 Å². The molecule has 2 aromatic carbocycles. The van der Waals surface area contributed by atoms with Gasteiger partial charge in [0.15, 0.2) is 5.58 Å². The molecule has 8 nitrogen and oxygen atoms in total. The minimum Gasteiger partial charge on any atom is -0.356 e. The molecule has 170 valence electrons. The predicted octanol–water partition coefficient (Wildman–Crippen LogP) is 2.24. The van der Waals surface area contributed by atoms with E-state index in [-0.39, 0.29) is 17.2 Å². The summed E-state index contributed by atoms with van der Waals surface area (Å²) < 4.78 is 32.6. The van der Waals surface area contributed by atoms with E-state index in [1.54, 1.807) is 24.3 Å². The standard InChI is InChI=1S/C23H28N4O4S/c1-16-12-17(2)23-20(25-31-21(23)13-16)14-22(28)24-15-18-4-6-19(7-5-18)32(29,30)27-10-8-26(3)9-11-27/h4-7,12-13H,8-11,14-15H2,1-3H3,(H,24,28). The van der Waals surface area contributed by atoms with E-state index < -0.39 is 10.0 Å². The molecule has 1 amide bonds. The number of nitrogens with one attached hydrogen (secondary N) is 1. The van der Waals surface area contributed by atoms with Gasteiger partial charge in [-0.2, -0.15) is 4.31 Å². The van der Waals surface area contributed by atoms with Crippen LogP contribution in [0.4, 0.5) is 0 Å². The first-order chi connectivity index (χ1) is 15.2. The van der Waals surface area contributed by atoms with Gasteiger partial charge in [-0.05, 0) is 55.8 Å². The van der Waals surface area contributed by atoms with Gasteiger partial charge in [-0.15, -0.1) is 0 Å². The largest absolute Gasteiger partial charge is 0.356 e. The average Bonchev–Trinajstić information content (AvgIpc) is 3.15. The zero-order valence-electron chi connectivity index (χ0n) is 18.6. The van der Waals surface area contributed by atoms with E-state index in [1.807, 2.05) is 33.0 Å². The van der Waals surface area contributed by atoms with Gasteiger partial charge >= 0.3 is 0 Å². The number of hydrogen-bond acceptors (Lipinski definition) is 6. The maximum Gasteiger partial charge on any atom is 0.243 e. The number of likely N-dealkylation sites (N-methyl/N-ethyl adjacent to an activating group) is 1. The molecular weight excluding hydrogens is 428 g/mol. The molecule has 0 spiro atoms. The molecule has 0 saturated carbocycles. The van der Waals surface area contributed by atoms with Gasteiger partial charge < -0.3 is 14.7 Å². The van der Waals surface area contributed by atoms with Crippen LogP contribution in [0.15, 0.2) is 45.8 Å². The first-order valence-electron chi connectivity index (χ1n) is 10.6. The SMILES string of the molecule is Cc1cc(C)c2c(CC(=O)NCc3ccc(S(=O)(=O)N4CCN(C)CC4)cc3)noc2c1. The molecule has 0 aliphatic carbocycles. The minimum absolute atomic E-state index is 0.118. The minimum atomic E-state index is -3.50. The molecule has 1 fully saturated rings. The quantitative estimate of drug-likeness (QED) is 0.611. The molecular formula is C23H28N4O4S. The van der Waals surface area contributed by atoms with Crippen LogP contribution in [0.2, 0.25) is 0 Å². The number of fused-ring (bicyclic) bond motifs is 1. The summed E-state index contributed by atoms with van der Waals surface area (Å²) >= 11 is 0. The molecule has 1 aliphatic heterocycles. The first kappa shape index (κ1) is 22.4. The van der Waals surface area contributed by atoms with Crippen LogP contribution in [0.5, 0.6) is 0 Å². The highest BCUT2D eigenvalue weighted by Gasteiger charge is 2.27.